The molecule has 0 fully saturated rings. The number of carbonyl (C=O) groups is 1. The fraction of sp³-hybridized carbons (Fsp3) is 0.700. The van der Waals surface area contributed by atoms with Crippen molar-refractivity contribution in [2.24, 2.45) is 0 Å². The van der Waals surface area contributed by atoms with Crippen LogP contribution in [0.3, 0.4) is 0 Å². The van der Waals surface area contributed by atoms with Crippen LogP contribution in [-0.2, 0) is 22.2 Å². The van der Waals surface area contributed by atoms with E-state index < -0.39 is 23.5 Å². The minimum Gasteiger partial charge on any atom is -0.461 e. The van der Waals surface area contributed by atoms with E-state index >= 15 is 0 Å². The van der Waals surface area contributed by atoms with Crippen molar-refractivity contribution in [3.63, 3.8) is 0 Å². The van der Waals surface area contributed by atoms with Crippen molar-refractivity contribution in [1.82, 2.24) is 15.0 Å². The number of carbonyl (C=O) groups excluding carboxylic acids is 1. The molecule has 108 valence electrons. The fourth-order valence-electron chi connectivity index (χ4n) is 1.45. The first-order chi connectivity index (χ1) is 8.91. The molecule has 19 heavy (non-hydrogen) atoms. The zero-order valence-corrected chi connectivity index (χ0v) is 10.5. The topological polar surface area (TPSA) is 66.2 Å². The van der Waals surface area contributed by atoms with Crippen LogP contribution in [0.2, 0.25) is 0 Å². The molecule has 1 heterocycles. The first-order valence-electron chi connectivity index (χ1n) is 5.58. The molecule has 0 aromatic carbocycles. The van der Waals surface area contributed by atoms with Crippen LogP contribution in [0.1, 0.15) is 29.5 Å². The average molecular weight is 281 g/mol. The van der Waals surface area contributed by atoms with Crippen molar-refractivity contribution < 1.29 is 27.4 Å². The van der Waals surface area contributed by atoms with Gasteiger partial charge in [-0.2, -0.15) is 13.2 Å². The van der Waals surface area contributed by atoms with Crippen LogP contribution in [0.4, 0.5) is 13.2 Å². The van der Waals surface area contributed by atoms with Crippen molar-refractivity contribution in [3.8, 4) is 0 Å². The lowest BCUT2D eigenvalue weighted by Gasteiger charge is -2.10. The van der Waals surface area contributed by atoms with E-state index in [0.29, 0.717) is 11.1 Å². The summed E-state index contributed by atoms with van der Waals surface area (Å²) in [5, 5.41) is 6.61. The molecule has 0 N–H and O–H groups in total. The predicted molar refractivity (Wildman–Crippen MR) is 57.5 cm³/mol. The molecule has 0 bridgehead atoms. The van der Waals surface area contributed by atoms with E-state index in [-0.39, 0.29) is 19.8 Å². The summed E-state index contributed by atoms with van der Waals surface area (Å²) >= 11 is 0. The molecule has 0 radical (unpaired) electrons. The number of aromatic nitrogens is 3. The van der Waals surface area contributed by atoms with Gasteiger partial charge in [0.05, 0.1) is 6.61 Å². The first kappa shape index (κ1) is 15.4. The van der Waals surface area contributed by atoms with Crippen LogP contribution >= 0.6 is 0 Å². The second kappa shape index (κ2) is 6.50. The van der Waals surface area contributed by atoms with Crippen LogP contribution in [0.25, 0.3) is 0 Å². The number of ether oxygens (including phenoxy) is 2. The van der Waals surface area contributed by atoms with Crippen molar-refractivity contribution in [1.29, 1.82) is 0 Å². The second-order valence-corrected chi connectivity index (χ2v) is 3.57. The predicted octanol–water partition coefficient (Wildman–Crippen LogP) is 1.51. The van der Waals surface area contributed by atoms with Gasteiger partial charge in [-0.3, -0.25) is 0 Å². The van der Waals surface area contributed by atoms with Gasteiger partial charge in [0.1, 0.15) is 0 Å². The zero-order chi connectivity index (χ0) is 14.5. The van der Waals surface area contributed by atoms with Crippen LogP contribution in [0.15, 0.2) is 0 Å². The molecule has 9 heteroatoms. The maximum Gasteiger partial charge on any atom is 0.435 e. The molecule has 0 aliphatic rings. The van der Waals surface area contributed by atoms with Gasteiger partial charge in [0.25, 0.3) is 0 Å². The highest BCUT2D eigenvalue weighted by Gasteiger charge is 2.41. The third-order valence-electron chi connectivity index (χ3n) is 2.19. The number of esters is 1. The molecule has 0 unspecified atom stereocenters. The molecule has 1 aromatic rings. The Balaban J connectivity index is 3.02. The number of methoxy groups -OCH3 is 1. The summed E-state index contributed by atoms with van der Waals surface area (Å²) in [5.41, 5.74) is -2.01. The highest BCUT2D eigenvalue weighted by molar-refractivity contribution is 5.88. The lowest BCUT2D eigenvalue weighted by atomic mass is 10.3. The minimum absolute atomic E-state index is 0.0351. The summed E-state index contributed by atoms with van der Waals surface area (Å²) in [7, 11) is 1.44. The van der Waals surface area contributed by atoms with Gasteiger partial charge in [0, 0.05) is 20.3 Å². The van der Waals surface area contributed by atoms with Gasteiger partial charge in [-0.15, -0.1) is 5.10 Å². The SMILES string of the molecule is CCOC(=O)c1nnn(CCCOC)c1C(F)(F)F. The average Bonchev–Trinajstić information content (AvgIpc) is 2.73. The van der Waals surface area contributed by atoms with Crippen molar-refractivity contribution in [2.45, 2.75) is 26.1 Å². The molecule has 0 saturated heterocycles. The molecule has 0 atom stereocenters. The maximum atomic E-state index is 12.9. The van der Waals surface area contributed by atoms with Crippen LogP contribution < -0.4 is 0 Å². The molecular weight excluding hydrogens is 267 g/mol. The number of nitrogens with zero attached hydrogens (tertiary/aromatic N) is 3. The van der Waals surface area contributed by atoms with Gasteiger partial charge in [-0.1, -0.05) is 5.21 Å². The van der Waals surface area contributed by atoms with Crippen molar-refractivity contribution >= 4 is 5.97 Å². The lowest BCUT2D eigenvalue weighted by Crippen LogP contribution is -2.20. The maximum absolute atomic E-state index is 12.9. The Bertz CT molecular complexity index is 431. The molecule has 0 amide bonds. The summed E-state index contributed by atoms with van der Waals surface area (Å²) in [4.78, 5) is 11.4. The van der Waals surface area contributed by atoms with Gasteiger partial charge in [-0.25, -0.2) is 9.48 Å². The first-order valence-corrected chi connectivity index (χ1v) is 5.58. The van der Waals surface area contributed by atoms with Gasteiger partial charge in [-0.05, 0) is 13.3 Å². The van der Waals surface area contributed by atoms with Crippen molar-refractivity contribution in [3.05, 3.63) is 11.4 Å². The molecule has 1 aromatic heterocycles. The van der Waals surface area contributed by atoms with Crippen molar-refractivity contribution in [2.75, 3.05) is 20.3 Å². The summed E-state index contributed by atoms with van der Waals surface area (Å²) in [6.07, 6.45) is -4.40. The Kier molecular flexibility index (Phi) is 5.28. The Labute approximate surface area is 107 Å². The highest BCUT2D eigenvalue weighted by Crippen LogP contribution is 2.31. The second-order valence-electron chi connectivity index (χ2n) is 3.57. The smallest absolute Gasteiger partial charge is 0.435 e. The van der Waals surface area contributed by atoms with Gasteiger partial charge >= 0.3 is 12.1 Å². The Morgan fingerprint density at radius 1 is 1.42 bits per heavy atom. The number of aryl methyl sites for hydroxylation is 1. The van der Waals surface area contributed by atoms with Gasteiger partial charge < -0.3 is 9.47 Å². The van der Waals surface area contributed by atoms with E-state index in [1.807, 2.05) is 0 Å². The highest BCUT2D eigenvalue weighted by atomic mass is 19.4. The quantitative estimate of drug-likeness (QED) is 0.584. The van der Waals surface area contributed by atoms with Crippen LogP contribution in [0, 0.1) is 0 Å². The van der Waals surface area contributed by atoms with Crippen LogP contribution in [0.5, 0.6) is 0 Å². The molecule has 6 nitrogen and oxygen atoms in total. The Hall–Kier alpha value is -1.64. The van der Waals surface area contributed by atoms with E-state index in [2.05, 4.69) is 15.0 Å². The molecule has 1 rings (SSSR count). The third-order valence-corrected chi connectivity index (χ3v) is 2.19. The Morgan fingerprint density at radius 3 is 2.63 bits per heavy atom. The van der Waals surface area contributed by atoms with Gasteiger partial charge in [0.2, 0.25) is 5.69 Å². The molecule has 0 saturated carbocycles. The third kappa shape index (κ3) is 3.91. The monoisotopic (exact) mass is 281 g/mol. The van der Waals surface area contributed by atoms with Crippen LogP contribution in [-0.4, -0.2) is 41.3 Å². The summed E-state index contributed by atoms with van der Waals surface area (Å²) in [6, 6.07) is 0. The minimum atomic E-state index is -4.72. The zero-order valence-electron chi connectivity index (χ0n) is 10.5. The van der Waals surface area contributed by atoms with E-state index in [1.54, 1.807) is 0 Å². The largest absolute Gasteiger partial charge is 0.461 e. The van der Waals surface area contributed by atoms with E-state index in [1.165, 1.54) is 14.0 Å². The number of hydrogen-bond acceptors (Lipinski definition) is 5. The number of hydrogen-bond donors (Lipinski definition) is 0. The molecule has 0 aliphatic carbocycles. The van der Waals surface area contributed by atoms with E-state index in [4.69, 9.17) is 4.74 Å². The number of alkyl halides is 3. The molecular formula is C10H14F3N3O3. The lowest BCUT2D eigenvalue weighted by molar-refractivity contribution is -0.144. The summed E-state index contributed by atoms with van der Waals surface area (Å²) < 4.78 is 48.7. The normalized spacial score (nSPS) is 11.6. The Morgan fingerprint density at radius 2 is 2.11 bits per heavy atom. The summed E-state index contributed by atoms with van der Waals surface area (Å²) in [5.74, 6) is -1.13. The van der Waals surface area contributed by atoms with Gasteiger partial charge in [0.15, 0.2) is 5.69 Å². The molecule has 0 aliphatic heterocycles. The summed E-state index contributed by atoms with van der Waals surface area (Å²) in [6.45, 7) is 1.70. The van der Waals surface area contributed by atoms with E-state index in [9.17, 15) is 18.0 Å². The molecule has 0 spiro atoms. The number of rotatable bonds is 6. The number of halogens is 3. The standard InChI is InChI=1S/C10H14F3N3O3/c1-3-19-9(17)7-8(10(11,12)13)16(15-14-7)5-4-6-18-2/h3-6H2,1-2H3. The van der Waals surface area contributed by atoms with E-state index in [0.717, 1.165) is 0 Å². The fourth-order valence-corrected chi connectivity index (χ4v) is 1.45.